The fourth-order valence-electron chi connectivity index (χ4n) is 1.99. The van der Waals surface area contributed by atoms with Gasteiger partial charge in [-0.25, -0.2) is 38.8 Å². The molecular weight excluding hydrogens is 467 g/mol. The van der Waals surface area contributed by atoms with E-state index >= 15 is 0 Å². The van der Waals surface area contributed by atoms with Crippen LogP contribution in [0.4, 0.5) is 22.0 Å². The molecule has 0 aromatic heterocycles. The Bertz CT molecular complexity index is 860. The summed E-state index contributed by atoms with van der Waals surface area (Å²) in [7, 11) is -10.2. The lowest BCUT2D eigenvalue weighted by Gasteiger charge is -2.13. The molecule has 0 aliphatic heterocycles. The maximum absolute atomic E-state index is 13.4. The van der Waals surface area contributed by atoms with Crippen molar-refractivity contribution in [2.24, 2.45) is 0 Å². The van der Waals surface area contributed by atoms with Crippen LogP contribution in [-0.4, -0.2) is 53.0 Å². The van der Waals surface area contributed by atoms with Crippen LogP contribution < -0.4 is 4.13 Å². The molecule has 29 heavy (non-hydrogen) atoms. The van der Waals surface area contributed by atoms with Crippen LogP contribution in [0.2, 0.25) is 0 Å². The Labute approximate surface area is 172 Å². The van der Waals surface area contributed by atoms with Crippen LogP contribution >= 0.6 is 11.6 Å². The number of nitrogens with zero attached hydrogens (tertiary/aromatic N) is 1. The van der Waals surface area contributed by atoms with Gasteiger partial charge in [-0.15, -0.1) is 15.7 Å². The summed E-state index contributed by atoms with van der Waals surface area (Å²) in [5.41, 5.74) is 0. The molecular formula is C15H22ClF5N2O4S2. The maximum Gasteiger partial charge on any atom is 0.259 e. The van der Waals surface area contributed by atoms with Crippen molar-refractivity contribution in [3.63, 3.8) is 0 Å². The molecule has 1 aromatic rings. The quantitative estimate of drug-likeness (QED) is 0.250. The maximum atomic E-state index is 13.4. The minimum atomic E-state index is -5.55. The Morgan fingerprint density at radius 1 is 0.793 bits per heavy atom. The number of sulfonamides is 2. The zero-order valence-corrected chi connectivity index (χ0v) is 18.3. The molecule has 0 aliphatic rings. The highest BCUT2D eigenvalue weighted by Gasteiger charge is 2.35. The lowest BCUT2D eigenvalue weighted by atomic mass is 10.3. The van der Waals surface area contributed by atoms with Crippen LogP contribution in [0.3, 0.4) is 0 Å². The summed E-state index contributed by atoms with van der Waals surface area (Å²) in [4.78, 5) is 0.0957. The van der Waals surface area contributed by atoms with Crippen molar-refractivity contribution >= 4 is 31.6 Å². The van der Waals surface area contributed by atoms with Crippen molar-refractivity contribution in [2.75, 3.05) is 31.3 Å². The van der Waals surface area contributed by atoms with E-state index < -0.39 is 59.8 Å². The summed E-state index contributed by atoms with van der Waals surface area (Å²) in [6, 6.07) is 0. The topological polar surface area (TPSA) is 83.6 Å². The monoisotopic (exact) mass is 488 g/mol. The van der Waals surface area contributed by atoms with E-state index in [1.54, 1.807) is 0 Å². The summed E-state index contributed by atoms with van der Waals surface area (Å²) in [5.74, 6) is -13.9. The molecule has 0 atom stereocenters. The number of benzene rings is 1. The largest absolute Gasteiger partial charge is 0.304 e. The first-order valence-corrected chi connectivity index (χ1v) is 12.0. The van der Waals surface area contributed by atoms with Crippen molar-refractivity contribution in [3.05, 3.63) is 29.1 Å². The molecule has 1 rings (SSSR count). The molecule has 0 saturated heterocycles. The second kappa shape index (κ2) is 12.0. The van der Waals surface area contributed by atoms with Gasteiger partial charge in [0.2, 0.25) is 15.8 Å². The van der Waals surface area contributed by atoms with Crippen LogP contribution in [-0.2, 0) is 20.0 Å². The van der Waals surface area contributed by atoms with Crippen molar-refractivity contribution in [1.82, 2.24) is 9.03 Å². The van der Waals surface area contributed by atoms with Gasteiger partial charge in [-0.1, -0.05) is 20.8 Å². The van der Waals surface area contributed by atoms with Gasteiger partial charge in [0.25, 0.3) is 10.0 Å². The van der Waals surface area contributed by atoms with Crippen LogP contribution in [0.25, 0.3) is 0 Å². The summed E-state index contributed by atoms with van der Waals surface area (Å²) in [6.45, 7) is 10.1. The number of alkyl halides is 1. The van der Waals surface area contributed by atoms with Crippen LogP contribution in [0, 0.1) is 29.1 Å². The van der Waals surface area contributed by atoms with Crippen molar-refractivity contribution in [2.45, 2.75) is 32.1 Å². The van der Waals surface area contributed by atoms with E-state index in [4.69, 9.17) is 11.6 Å². The van der Waals surface area contributed by atoms with Gasteiger partial charge in [-0.05, 0) is 26.1 Å². The van der Waals surface area contributed by atoms with E-state index in [9.17, 15) is 38.8 Å². The number of rotatable bonds is 9. The van der Waals surface area contributed by atoms with Crippen LogP contribution in [0.5, 0.6) is 0 Å². The average Bonchev–Trinajstić information content (AvgIpc) is 2.64. The molecule has 0 unspecified atom stereocenters. The van der Waals surface area contributed by atoms with E-state index in [2.05, 4.69) is 25.7 Å². The zero-order chi connectivity index (χ0) is 23.0. The van der Waals surface area contributed by atoms with Gasteiger partial charge in [-0.3, -0.25) is 0 Å². The minimum absolute atomic E-state index is 0.163. The second-order valence-electron chi connectivity index (χ2n) is 5.47. The predicted molar refractivity (Wildman–Crippen MR) is 99.1 cm³/mol. The Hall–Kier alpha value is -1.02. The Morgan fingerprint density at radius 2 is 1.17 bits per heavy atom. The minimum Gasteiger partial charge on any atom is -0.304 e. The molecule has 0 saturated carbocycles. The average molecular weight is 489 g/mol. The lowest BCUT2D eigenvalue weighted by molar-refractivity contribution is 0.321. The first kappa shape index (κ1) is 28.0. The van der Waals surface area contributed by atoms with Gasteiger partial charge in [0, 0.05) is 5.88 Å². The normalized spacial score (nSPS) is 12.1. The molecule has 0 bridgehead atoms. The van der Waals surface area contributed by atoms with Gasteiger partial charge >= 0.3 is 0 Å². The smallest absolute Gasteiger partial charge is 0.259 e. The number of halogens is 6. The molecule has 14 heteroatoms. The number of hydrogen-bond donors (Lipinski definition) is 1. The number of nitrogens with one attached hydrogen (secondary N) is 1. The third-order valence-electron chi connectivity index (χ3n) is 3.56. The molecule has 1 aromatic carbocycles. The SMILES string of the molecule is CCN(CC)CC.O=S(=O)(CCCCl)NS(=O)(=O)c1c(F)c(F)c(F)c(F)c1F. The molecule has 0 spiro atoms. The van der Waals surface area contributed by atoms with Gasteiger partial charge in [0.05, 0.1) is 5.75 Å². The van der Waals surface area contributed by atoms with E-state index in [0.717, 1.165) is 4.13 Å². The second-order valence-corrected chi connectivity index (χ2v) is 9.56. The highest BCUT2D eigenvalue weighted by atomic mass is 35.5. The van der Waals surface area contributed by atoms with E-state index in [0.29, 0.717) is 0 Å². The molecule has 0 aliphatic carbocycles. The Morgan fingerprint density at radius 3 is 1.48 bits per heavy atom. The molecule has 0 heterocycles. The molecule has 0 radical (unpaired) electrons. The Balaban J connectivity index is 0.000000956. The molecule has 1 N–H and O–H groups in total. The van der Waals surface area contributed by atoms with E-state index in [-0.39, 0.29) is 12.3 Å². The summed E-state index contributed by atoms with van der Waals surface area (Å²) in [6.07, 6.45) is -0.205. The molecule has 0 amide bonds. The van der Waals surface area contributed by atoms with Gasteiger partial charge < -0.3 is 4.90 Å². The highest BCUT2D eigenvalue weighted by molar-refractivity contribution is 8.04. The van der Waals surface area contributed by atoms with E-state index in [1.807, 2.05) is 0 Å². The van der Waals surface area contributed by atoms with Crippen molar-refractivity contribution in [1.29, 1.82) is 0 Å². The highest BCUT2D eigenvalue weighted by Crippen LogP contribution is 2.26. The fourth-order valence-corrected chi connectivity index (χ4v) is 5.46. The first-order valence-electron chi connectivity index (χ1n) is 8.35. The third-order valence-corrected chi connectivity index (χ3v) is 7.45. The van der Waals surface area contributed by atoms with Gasteiger partial charge in [0.1, 0.15) is 0 Å². The predicted octanol–water partition coefficient (Wildman–Crippen LogP) is 2.97. The Kier molecular flexibility index (Phi) is 11.6. The van der Waals surface area contributed by atoms with Crippen LogP contribution in [0.1, 0.15) is 27.2 Å². The van der Waals surface area contributed by atoms with Crippen molar-refractivity contribution < 1.29 is 38.8 Å². The summed E-state index contributed by atoms with van der Waals surface area (Å²) >= 11 is 5.20. The number of hydrogen-bond acceptors (Lipinski definition) is 5. The lowest BCUT2D eigenvalue weighted by Crippen LogP contribution is -2.34. The summed E-state index contributed by atoms with van der Waals surface area (Å²) < 4.78 is 112. The zero-order valence-electron chi connectivity index (χ0n) is 15.9. The standard InChI is InChI=1S/C9H7ClF5NO4S2.C6H15N/c10-2-1-3-21(17,18)16-22(19,20)9-7(14)5(12)4(11)6(13)8(9)15;1-4-7(5-2)6-3/h16H,1-3H2;4-6H2,1-3H3. The molecule has 170 valence electrons. The summed E-state index contributed by atoms with van der Waals surface area (Å²) in [5, 5.41) is 0. The van der Waals surface area contributed by atoms with Crippen molar-refractivity contribution in [3.8, 4) is 0 Å². The van der Waals surface area contributed by atoms with Gasteiger partial charge in [-0.2, -0.15) is 0 Å². The first-order chi connectivity index (χ1) is 13.3. The van der Waals surface area contributed by atoms with Gasteiger partial charge in [0.15, 0.2) is 28.2 Å². The molecule has 0 fully saturated rings. The third kappa shape index (κ3) is 7.96. The fraction of sp³-hybridized carbons (Fsp3) is 0.600. The molecule has 6 nitrogen and oxygen atoms in total. The van der Waals surface area contributed by atoms with E-state index in [1.165, 1.54) is 19.6 Å². The van der Waals surface area contributed by atoms with Crippen LogP contribution in [0.15, 0.2) is 4.90 Å².